The quantitative estimate of drug-likeness (QED) is 0.586. The Bertz CT molecular complexity index is 807. The minimum atomic E-state index is 0.683. The van der Waals surface area contributed by atoms with Crippen LogP contribution in [0.2, 0.25) is 0 Å². The van der Waals surface area contributed by atoms with Crippen LogP contribution in [0.25, 0.3) is 0 Å². The van der Waals surface area contributed by atoms with Gasteiger partial charge in [-0.15, -0.1) is 0 Å². The number of aldehydes is 1. The highest BCUT2D eigenvalue weighted by Gasteiger charge is 2.14. The van der Waals surface area contributed by atoms with Crippen molar-refractivity contribution in [1.82, 2.24) is 0 Å². The van der Waals surface area contributed by atoms with E-state index in [2.05, 4.69) is 49.1 Å². The fourth-order valence-electron chi connectivity index (χ4n) is 2.76. The zero-order chi connectivity index (χ0) is 16.2. The van der Waals surface area contributed by atoms with Crippen molar-refractivity contribution >= 4 is 23.3 Å². The van der Waals surface area contributed by atoms with Crippen molar-refractivity contribution in [2.75, 3.05) is 4.90 Å². The molecular weight excluding hydrogens is 282 g/mol. The molecule has 0 spiro atoms. The third-order valence-electron chi connectivity index (χ3n) is 3.89. The second kappa shape index (κ2) is 6.49. The first-order valence-corrected chi connectivity index (χ1v) is 7.67. The molecule has 0 aliphatic heterocycles. The highest BCUT2D eigenvalue weighted by atomic mass is 16.1. The van der Waals surface area contributed by atoms with Crippen molar-refractivity contribution in [2.45, 2.75) is 13.8 Å². The molecule has 0 aliphatic carbocycles. The van der Waals surface area contributed by atoms with Gasteiger partial charge in [-0.3, -0.25) is 4.79 Å². The van der Waals surface area contributed by atoms with E-state index >= 15 is 0 Å². The first-order valence-electron chi connectivity index (χ1n) is 7.67. The molecule has 0 radical (unpaired) electrons. The summed E-state index contributed by atoms with van der Waals surface area (Å²) in [6, 6.07) is 24.4. The standard InChI is InChI=1S/C21H19NO/c1-16-8-13-21(17(2)14-16)22(19-6-4-3-5-7-19)20-11-9-18(15-23)10-12-20/h3-15H,1-2H3. The summed E-state index contributed by atoms with van der Waals surface area (Å²) >= 11 is 0. The number of carbonyl (C=O) groups is 1. The van der Waals surface area contributed by atoms with Crippen molar-refractivity contribution in [3.63, 3.8) is 0 Å². The molecule has 23 heavy (non-hydrogen) atoms. The summed E-state index contributed by atoms with van der Waals surface area (Å²) in [6.07, 6.45) is 0.869. The minimum Gasteiger partial charge on any atom is -0.310 e. The Labute approximate surface area is 137 Å². The van der Waals surface area contributed by atoms with Crippen LogP contribution in [0.4, 0.5) is 17.1 Å². The van der Waals surface area contributed by atoms with Crippen LogP contribution in [0.5, 0.6) is 0 Å². The van der Waals surface area contributed by atoms with E-state index in [4.69, 9.17) is 0 Å². The Hall–Kier alpha value is -2.87. The maximum atomic E-state index is 10.9. The number of aryl methyl sites for hydroxylation is 2. The van der Waals surface area contributed by atoms with Crippen LogP contribution in [-0.2, 0) is 0 Å². The smallest absolute Gasteiger partial charge is 0.150 e. The summed E-state index contributed by atoms with van der Waals surface area (Å²) < 4.78 is 0. The summed E-state index contributed by atoms with van der Waals surface area (Å²) in [5.41, 5.74) is 6.42. The number of benzene rings is 3. The van der Waals surface area contributed by atoms with Gasteiger partial charge in [0.05, 0.1) is 0 Å². The SMILES string of the molecule is Cc1ccc(N(c2ccccc2)c2ccc(C=O)cc2)c(C)c1. The highest BCUT2D eigenvalue weighted by Crippen LogP contribution is 2.36. The van der Waals surface area contributed by atoms with Gasteiger partial charge in [-0.05, 0) is 61.9 Å². The lowest BCUT2D eigenvalue weighted by atomic mass is 10.1. The van der Waals surface area contributed by atoms with Crippen LogP contribution in [0, 0.1) is 13.8 Å². The second-order valence-electron chi connectivity index (χ2n) is 5.67. The van der Waals surface area contributed by atoms with Gasteiger partial charge in [0, 0.05) is 22.6 Å². The van der Waals surface area contributed by atoms with Crippen LogP contribution in [0.3, 0.4) is 0 Å². The maximum absolute atomic E-state index is 10.9. The van der Waals surface area contributed by atoms with Gasteiger partial charge in [0.15, 0.2) is 0 Å². The molecule has 3 aromatic carbocycles. The topological polar surface area (TPSA) is 20.3 Å². The Morgan fingerprint density at radius 3 is 2.04 bits per heavy atom. The molecule has 0 bridgehead atoms. The van der Waals surface area contributed by atoms with E-state index in [0.717, 1.165) is 23.3 Å². The van der Waals surface area contributed by atoms with E-state index in [1.54, 1.807) is 0 Å². The Kier molecular flexibility index (Phi) is 4.24. The van der Waals surface area contributed by atoms with Gasteiger partial charge >= 0.3 is 0 Å². The van der Waals surface area contributed by atoms with Gasteiger partial charge in [-0.2, -0.15) is 0 Å². The third-order valence-corrected chi connectivity index (χ3v) is 3.89. The van der Waals surface area contributed by atoms with E-state index in [-0.39, 0.29) is 0 Å². The van der Waals surface area contributed by atoms with Crippen LogP contribution in [0.1, 0.15) is 21.5 Å². The largest absolute Gasteiger partial charge is 0.310 e. The van der Waals surface area contributed by atoms with Gasteiger partial charge < -0.3 is 4.90 Å². The second-order valence-corrected chi connectivity index (χ2v) is 5.67. The molecule has 0 unspecified atom stereocenters. The average Bonchev–Trinajstić information content (AvgIpc) is 2.59. The first kappa shape index (κ1) is 15.0. The van der Waals surface area contributed by atoms with Crippen LogP contribution in [-0.4, -0.2) is 6.29 Å². The summed E-state index contributed by atoms with van der Waals surface area (Å²) in [4.78, 5) is 13.1. The Balaban J connectivity index is 2.15. The number of hydrogen-bond donors (Lipinski definition) is 0. The lowest BCUT2D eigenvalue weighted by molar-refractivity contribution is 0.112. The molecule has 0 aliphatic rings. The molecule has 0 atom stereocenters. The molecule has 0 fully saturated rings. The van der Waals surface area contributed by atoms with E-state index in [1.807, 2.05) is 42.5 Å². The van der Waals surface area contributed by atoms with E-state index in [1.165, 1.54) is 11.1 Å². The molecule has 2 heteroatoms. The number of anilines is 3. The molecular formula is C21H19NO. The molecule has 3 rings (SSSR count). The normalized spacial score (nSPS) is 10.3. The minimum absolute atomic E-state index is 0.683. The highest BCUT2D eigenvalue weighted by molar-refractivity contribution is 5.81. The van der Waals surface area contributed by atoms with Gasteiger partial charge in [0.2, 0.25) is 0 Å². The Morgan fingerprint density at radius 1 is 0.783 bits per heavy atom. The van der Waals surface area contributed by atoms with E-state index in [9.17, 15) is 4.79 Å². The summed E-state index contributed by atoms with van der Waals surface area (Å²) in [6.45, 7) is 4.22. The number of nitrogens with zero attached hydrogens (tertiary/aromatic N) is 1. The van der Waals surface area contributed by atoms with Crippen molar-refractivity contribution < 1.29 is 4.79 Å². The van der Waals surface area contributed by atoms with Crippen molar-refractivity contribution in [2.24, 2.45) is 0 Å². The molecule has 2 nitrogen and oxygen atoms in total. The lowest BCUT2D eigenvalue weighted by Gasteiger charge is -2.27. The van der Waals surface area contributed by atoms with E-state index < -0.39 is 0 Å². The van der Waals surface area contributed by atoms with Crippen LogP contribution >= 0.6 is 0 Å². The lowest BCUT2D eigenvalue weighted by Crippen LogP contribution is -2.11. The monoisotopic (exact) mass is 301 g/mol. The molecule has 0 saturated heterocycles. The molecule has 0 N–H and O–H groups in total. The number of para-hydroxylation sites is 1. The number of hydrogen-bond acceptors (Lipinski definition) is 2. The Morgan fingerprint density at radius 2 is 1.43 bits per heavy atom. The fraction of sp³-hybridized carbons (Fsp3) is 0.0952. The summed E-state index contributed by atoms with van der Waals surface area (Å²) in [5, 5.41) is 0. The van der Waals surface area contributed by atoms with Crippen molar-refractivity contribution in [1.29, 1.82) is 0 Å². The summed E-state index contributed by atoms with van der Waals surface area (Å²) in [5.74, 6) is 0. The first-order chi connectivity index (χ1) is 11.2. The van der Waals surface area contributed by atoms with Crippen LogP contribution in [0.15, 0.2) is 72.8 Å². The third kappa shape index (κ3) is 3.16. The molecule has 0 aromatic heterocycles. The van der Waals surface area contributed by atoms with Crippen molar-refractivity contribution in [3.05, 3.63) is 89.5 Å². The summed E-state index contributed by atoms with van der Waals surface area (Å²) in [7, 11) is 0. The molecule has 3 aromatic rings. The molecule has 0 amide bonds. The predicted molar refractivity (Wildman–Crippen MR) is 96.0 cm³/mol. The van der Waals surface area contributed by atoms with Gasteiger partial charge in [-0.25, -0.2) is 0 Å². The number of rotatable bonds is 4. The zero-order valence-corrected chi connectivity index (χ0v) is 13.4. The fourth-order valence-corrected chi connectivity index (χ4v) is 2.76. The zero-order valence-electron chi connectivity index (χ0n) is 13.4. The van der Waals surface area contributed by atoms with Gasteiger partial charge in [0.1, 0.15) is 6.29 Å². The molecule has 0 heterocycles. The predicted octanol–water partition coefficient (Wildman–Crippen LogP) is 5.59. The number of carbonyl (C=O) groups excluding carboxylic acids is 1. The van der Waals surface area contributed by atoms with Crippen LogP contribution < -0.4 is 4.90 Å². The van der Waals surface area contributed by atoms with Gasteiger partial charge in [0.25, 0.3) is 0 Å². The molecule has 114 valence electrons. The average molecular weight is 301 g/mol. The van der Waals surface area contributed by atoms with Gasteiger partial charge in [-0.1, -0.05) is 35.9 Å². The molecule has 0 saturated carbocycles. The van der Waals surface area contributed by atoms with E-state index in [0.29, 0.717) is 5.56 Å². The van der Waals surface area contributed by atoms with Crippen molar-refractivity contribution in [3.8, 4) is 0 Å². The maximum Gasteiger partial charge on any atom is 0.150 e.